The van der Waals surface area contributed by atoms with E-state index < -0.39 is 0 Å². The van der Waals surface area contributed by atoms with Crippen LogP contribution in [-0.2, 0) is 0 Å². The van der Waals surface area contributed by atoms with Crippen LogP contribution in [0, 0.1) is 6.33 Å². The summed E-state index contributed by atoms with van der Waals surface area (Å²) in [5.74, 6) is 0. The first-order chi connectivity index (χ1) is 4.34. The fourth-order valence-corrected chi connectivity index (χ4v) is 0.620. The van der Waals surface area contributed by atoms with Gasteiger partial charge in [-0.1, -0.05) is 6.92 Å². The van der Waals surface area contributed by atoms with Gasteiger partial charge in [0, 0.05) is 12.4 Å². The minimum Gasteiger partial charge on any atom is -0.313 e. The van der Waals surface area contributed by atoms with Gasteiger partial charge in [0.05, 0.1) is 6.17 Å². The molecule has 1 rings (SSSR count). The molecule has 0 fully saturated rings. The third kappa shape index (κ3) is 1.29. The quantitative estimate of drug-likeness (QED) is 0.625. The summed E-state index contributed by atoms with van der Waals surface area (Å²) in [5, 5.41) is 0. The number of hydrogen-bond acceptors (Lipinski definition) is 2. The van der Waals surface area contributed by atoms with Crippen LogP contribution in [0.3, 0.4) is 0 Å². The lowest BCUT2D eigenvalue weighted by atomic mass is 10.4. The van der Waals surface area contributed by atoms with Gasteiger partial charge in [-0.05, 0) is 6.42 Å². The Balaban J connectivity index is 2.65. The van der Waals surface area contributed by atoms with E-state index in [-0.39, 0.29) is 6.17 Å². The normalized spacial score (nSPS) is 13.6. The minimum absolute atomic E-state index is 0.0347. The van der Waals surface area contributed by atoms with E-state index in [1.54, 1.807) is 10.8 Å². The van der Waals surface area contributed by atoms with E-state index in [2.05, 4.69) is 11.3 Å². The van der Waals surface area contributed by atoms with E-state index in [9.17, 15) is 0 Å². The highest BCUT2D eigenvalue weighted by Crippen LogP contribution is 1.99. The van der Waals surface area contributed by atoms with E-state index >= 15 is 0 Å². The van der Waals surface area contributed by atoms with Crippen molar-refractivity contribution in [2.75, 3.05) is 0 Å². The third-order valence-corrected chi connectivity index (χ3v) is 1.25. The first kappa shape index (κ1) is 6.29. The Kier molecular flexibility index (Phi) is 1.85. The molecule has 0 saturated heterocycles. The second-order valence-corrected chi connectivity index (χ2v) is 1.91. The molecule has 0 aromatic carbocycles. The molecule has 1 radical (unpaired) electrons. The molecule has 1 atom stereocenters. The van der Waals surface area contributed by atoms with Gasteiger partial charge in [0.25, 0.3) is 0 Å². The molecule has 0 spiro atoms. The Morgan fingerprint density at radius 2 is 2.67 bits per heavy atom. The summed E-state index contributed by atoms with van der Waals surface area (Å²) in [4.78, 5) is 3.75. The van der Waals surface area contributed by atoms with Gasteiger partial charge in [0.15, 0.2) is 6.33 Å². The fraction of sp³-hybridized carbons (Fsp3) is 0.500. The maximum absolute atomic E-state index is 5.63. The Hall–Kier alpha value is -0.830. The van der Waals surface area contributed by atoms with Crippen LogP contribution in [0.15, 0.2) is 12.4 Å². The zero-order chi connectivity index (χ0) is 6.69. The lowest BCUT2D eigenvalue weighted by Crippen LogP contribution is -2.15. The second kappa shape index (κ2) is 2.64. The highest BCUT2D eigenvalue weighted by Gasteiger charge is 1.97. The molecule has 0 aliphatic rings. The second-order valence-electron chi connectivity index (χ2n) is 1.91. The maximum atomic E-state index is 5.63. The van der Waals surface area contributed by atoms with Gasteiger partial charge in [-0.2, -0.15) is 0 Å². The van der Waals surface area contributed by atoms with Gasteiger partial charge in [0.1, 0.15) is 0 Å². The molecule has 0 bridgehead atoms. The van der Waals surface area contributed by atoms with Crippen molar-refractivity contribution in [1.29, 1.82) is 0 Å². The monoisotopic (exact) mass is 124 g/mol. The van der Waals surface area contributed by atoms with Crippen LogP contribution in [0.2, 0.25) is 0 Å². The first-order valence-corrected chi connectivity index (χ1v) is 3.00. The van der Waals surface area contributed by atoms with Crippen LogP contribution in [-0.4, -0.2) is 9.55 Å². The smallest absolute Gasteiger partial charge is 0.177 e. The Morgan fingerprint density at radius 3 is 3.11 bits per heavy atom. The van der Waals surface area contributed by atoms with Crippen molar-refractivity contribution in [3.05, 3.63) is 18.7 Å². The first-order valence-electron chi connectivity index (χ1n) is 3.00. The van der Waals surface area contributed by atoms with Crippen LogP contribution >= 0.6 is 0 Å². The fourth-order valence-electron chi connectivity index (χ4n) is 0.620. The van der Waals surface area contributed by atoms with Crippen molar-refractivity contribution < 1.29 is 0 Å². The van der Waals surface area contributed by atoms with Gasteiger partial charge >= 0.3 is 0 Å². The van der Waals surface area contributed by atoms with Crippen molar-refractivity contribution >= 4 is 0 Å². The van der Waals surface area contributed by atoms with Crippen molar-refractivity contribution in [1.82, 2.24) is 9.55 Å². The van der Waals surface area contributed by atoms with Gasteiger partial charge in [0.2, 0.25) is 0 Å². The standard InChI is InChI=1S/C6H10N3/c1-2-6(7)9-4-3-8-5-9/h3-4,6H,2,7H2,1H3. The summed E-state index contributed by atoms with van der Waals surface area (Å²) >= 11 is 0. The summed E-state index contributed by atoms with van der Waals surface area (Å²) in [5.41, 5.74) is 5.63. The number of aromatic nitrogens is 2. The minimum atomic E-state index is 0.0347. The molecule has 3 heteroatoms. The topological polar surface area (TPSA) is 43.8 Å². The number of nitrogens with two attached hydrogens (primary N) is 1. The molecule has 0 saturated carbocycles. The molecule has 0 aliphatic heterocycles. The Morgan fingerprint density at radius 1 is 1.89 bits per heavy atom. The number of rotatable bonds is 2. The van der Waals surface area contributed by atoms with E-state index in [1.165, 1.54) is 0 Å². The Labute approximate surface area is 54.5 Å². The van der Waals surface area contributed by atoms with Gasteiger partial charge in [-0.25, -0.2) is 4.98 Å². The van der Waals surface area contributed by atoms with E-state index in [0.717, 1.165) is 6.42 Å². The predicted molar refractivity (Wildman–Crippen MR) is 34.6 cm³/mol. The zero-order valence-corrected chi connectivity index (χ0v) is 5.41. The molecule has 3 nitrogen and oxygen atoms in total. The SMILES string of the molecule is CCC(N)n1[c]ncc1. The van der Waals surface area contributed by atoms with Crippen molar-refractivity contribution in [3.63, 3.8) is 0 Å². The molecule has 2 N–H and O–H groups in total. The molecule has 1 heterocycles. The Bertz CT molecular complexity index is 157. The molecule has 1 aromatic heterocycles. The highest BCUT2D eigenvalue weighted by molar-refractivity contribution is 4.75. The lowest BCUT2D eigenvalue weighted by Gasteiger charge is -2.07. The third-order valence-electron chi connectivity index (χ3n) is 1.25. The lowest BCUT2D eigenvalue weighted by molar-refractivity contribution is 0.502. The summed E-state index contributed by atoms with van der Waals surface area (Å²) < 4.78 is 1.76. The molecular formula is C6H10N3. The van der Waals surface area contributed by atoms with E-state index in [4.69, 9.17) is 5.73 Å². The van der Waals surface area contributed by atoms with Crippen LogP contribution in [0.5, 0.6) is 0 Å². The number of nitrogens with zero attached hydrogens (tertiary/aromatic N) is 2. The highest BCUT2D eigenvalue weighted by atomic mass is 15.1. The van der Waals surface area contributed by atoms with Crippen LogP contribution < -0.4 is 5.73 Å². The van der Waals surface area contributed by atoms with Gasteiger partial charge in [-0.15, -0.1) is 0 Å². The zero-order valence-electron chi connectivity index (χ0n) is 5.41. The van der Waals surface area contributed by atoms with Crippen LogP contribution in [0.4, 0.5) is 0 Å². The average Bonchev–Trinajstić information content (AvgIpc) is 2.37. The molecule has 1 aromatic rings. The molecule has 1 unspecified atom stereocenters. The predicted octanol–water partition coefficient (Wildman–Crippen LogP) is 0.551. The van der Waals surface area contributed by atoms with E-state index in [0.29, 0.717) is 0 Å². The van der Waals surface area contributed by atoms with Crippen LogP contribution in [0.1, 0.15) is 19.5 Å². The molecule has 9 heavy (non-hydrogen) atoms. The largest absolute Gasteiger partial charge is 0.313 e. The number of imidazole rings is 1. The molecule has 0 aliphatic carbocycles. The average molecular weight is 124 g/mol. The maximum Gasteiger partial charge on any atom is 0.177 e. The molecule has 0 amide bonds. The number of hydrogen-bond donors (Lipinski definition) is 1. The van der Waals surface area contributed by atoms with Crippen molar-refractivity contribution in [2.45, 2.75) is 19.5 Å². The summed E-state index contributed by atoms with van der Waals surface area (Å²) in [7, 11) is 0. The molecule has 49 valence electrons. The van der Waals surface area contributed by atoms with Crippen molar-refractivity contribution in [3.8, 4) is 0 Å². The molecular weight excluding hydrogens is 114 g/mol. The van der Waals surface area contributed by atoms with Gasteiger partial charge < -0.3 is 10.3 Å². The summed E-state index contributed by atoms with van der Waals surface area (Å²) in [6.07, 6.45) is 7.16. The van der Waals surface area contributed by atoms with Crippen molar-refractivity contribution in [2.24, 2.45) is 5.73 Å². The summed E-state index contributed by atoms with van der Waals surface area (Å²) in [6.45, 7) is 2.03. The summed E-state index contributed by atoms with van der Waals surface area (Å²) in [6, 6.07) is 0. The van der Waals surface area contributed by atoms with Gasteiger partial charge in [-0.3, -0.25) is 0 Å². The van der Waals surface area contributed by atoms with Crippen LogP contribution in [0.25, 0.3) is 0 Å². The van der Waals surface area contributed by atoms with E-state index in [1.807, 2.05) is 13.1 Å².